The standard InChI is InChI=1S/C16H15N7/c1-2-6-12(7-3-1)23-16(20-21-22-23)17-11-10-15-18-13-8-4-5-9-14(13)19-15/h1-9H,10-11H2,(H,18,19)(H,17,20,22). The molecule has 4 rings (SSSR count). The number of imidazole rings is 1. The SMILES string of the molecule is c1ccc(-n2nnnc2NCCc2nc3ccccc3[nH]2)cc1. The van der Waals surface area contributed by atoms with Crippen molar-refractivity contribution >= 4 is 17.0 Å². The number of aromatic nitrogens is 6. The zero-order valence-corrected chi connectivity index (χ0v) is 12.3. The lowest BCUT2D eigenvalue weighted by Gasteiger charge is -2.05. The smallest absolute Gasteiger partial charge is 0.247 e. The van der Waals surface area contributed by atoms with Gasteiger partial charge < -0.3 is 10.3 Å². The quantitative estimate of drug-likeness (QED) is 0.590. The third kappa shape index (κ3) is 2.76. The molecule has 114 valence electrons. The summed E-state index contributed by atoms with van der Waals surface area (Å²) in [5.41, 5.74) is 2.96. The minimum Gasteiger partial charge on any atom is -0.352 e. The molecule has 0 bridgehead atoms. The van der Waals surface area contributed by atoms with Gasteiger partial charge in [0.25, 0.3) is 0 Å². The van der Waals surface area contributed by atoms with E-state index >= 15 is 0 Å². The fourth-order valence-electron chi connectivity index (χ4n) is 2.46. The average Bonchev–Trinajstić information content (AvgIpc) is 3.22. The highest BCUT2D eigenvalue weighted by Crippen LogP contribution is 2.12. The summed E-state index contributed by atoms with van der Waals surface area (Å²) in [5, 5.41) is 15.0. The van der Waals surface area contributed by atoms with Crippen molar-refractivity contribution in [1.82, 2.24) is 30.2 Å². The summed E-state index contributed by atoms with van der Waals surface area (Å²) in [7, 11) is 0. The van der Waals surface area contributed by atoms with Crippen molar-refractivity contribution in [1.29, 1.82) is 0 Å². The monoisotopic (exact) mass is 305 g/mol. The van der Waals surface area contributed by atoms with Crippen LogP contribution in [0.2, 0.25) is 0 Å². The number of H-pyrrole nitrogens is 1. The molecule has 2 aromatic heterocycles. The van der Waals surface area contributed by atoms with E-state index in [0.717, 1.165) is 29.0 Å². The van der Waals surface area contributed by atoms with Gasteiger partial charge in [-0.1, -0.05) is 35.4 Å². The van der Waals surface area contributed by atoms with Crippen molar-refractivity contribution in [3.8, 4) is 5.69 Å². The molecule has 0 unspecified atom stereocenters. The molecule has 0 amide bonds. The fraction of sp³-hybridized carbons (Fsp3) is 0.125. The lowest BCUT2D eigenvalue weighted by atomic mass is 10.3. The summed E-state index contributed by atoms with van der Waals surface area (Å²) in [5.74, 6) is 1.56. The first-order valence-electron chi connectivity index (χ1n) is 7.41. The number of nitrogens with one attached hydrogen (secondary N) is 2. The topological polar surface area (TPSA) is 84.3 Å². The van der Waals surface area contributed by atoms with Gasteiger partial charge in [0.1, 0.15) is 5.82 Å². The van der Waals surface area contributed by atoms with Gasteiger partial charge in [-0.2, -0.15) is 4.68 Å². The van der Waals surface area contributed by atoms with E-state index in [2.05, 4.69) is 30.8 Å². The summed E-state index contributed by atoms with van der Waals surface area (Å²) in [6.07, 6.45) is 0.760. The van der Waals surface area contributed by atoms with Gasteiger partial charge in [0, 0.05) is 13.0 Å². The third-order valence-electron chi connectivity index (χ3n) is 3.55. The van der Waals surface area contributed by atoms with Crippen molar-refractivity contribution in [2.24, 2.45) is 0 Å². The number of aromatic amines is 1. The first kappa shape index (κ1) is 13.4. The number of fused-ring (bicyclic) bond motifs is 1. The largest absolute Gasteiger partial charge is 0.352 e. The number of anilines is 1. The molecule has 0 spiro atoms. The minimum absolute atomic E-state index is 0.618. The third-order valence-corrected chi connectivity index (χ3v) is 3.55. The van der Waals surface area contributed by atoms with Gasteiger partial charge in [-0.05, 0) is 34.7 Å². The molecule has 0 saturated heterocycles. The fourth-order valence-corrected chi connectivity index (χ4v) is 2.46. The molecular formula is C16H15N7. The van der Waals surface area contributed by atoms with E-state index in [1.54, 1.807) is 4.68 Å². The highest BCUT2D eigenvalue weighted by atomic mass is 15.6. The van der Waals surface area contributed by atoms with Crippen molar-refractivity contribution in [3.05, 3.63) is 60.4 Å². The maximum absolute atomic E-state index is 4.56. The molecular weight excluding hydrogens is 290 g/mol. The molecule has 0 aliphatic heterocycles. The molecule has 0 saturated carbocycles. The molecule has 0 atom stereocenters. The Bertz CT molecular complexity index is 877. The molecule has 7 nitrogen and oxygen atoms in total. The molecule has 23 heavy (non-hydrogen) atoms. The van der Waals surface area contributed by atoms with E-state index in [-0.39, 0.29) is 0 Å². The Balaban J connectivity index is 1.45. The van der Waals surface area contributed by atoms with Crippen LogP contribution in [0.4, 0.5) is 5.95 Å². The molecule has 0 radical (unpaired) electrons. The van der Waals surface area contributed by atoms with Gasteiger partial charge in [0.05, 0.1) is 16.7 Å². The first-order chi connectivity index (χ1) is 11.4. The van der Waals surface area contributed by atoms with Crippen LogP contribution in [-0.2, 0) is 6.42 Å². The minimum atomic E-state index is 0.618. The number of rotatable bonds is 5. The Morgan fingerprint density at radius 3 is 2.70 bits per heavy atom. The van der Waals surface area contributed by atoms with Crippen LogP contribution in [0.25, 0.3) is 16.7 Å². The maximum Gasteiger partial charge on any atom is 0.247 e. The zero-order chi connectivity index (χ0) is 15.5. The second-order valence-corrected chi connectivity index (χ2v) is 5.13. The Kier molecular flexibility index (Phi) is 3.44. The summed E-state index contributed by atoms with van der Waals surface area (Å²) in [6, 6.07) is 17.8. The van der Waals surface area contributed by atoms with E-state index in [1.165, 1.54) is 0 Å². The molecule has 2 N–H and O–H groups in total. The van der Waals surface area contributed by atoms with E-state index in [1.807, 2.05) is 54.6 Å². The second-order valence-electron chi connectivity index (χ2n) is 5.13. The van der Waals surface area contributed by atoms with E-state index in [9.17, 15) is 0 Å². The van der Waals surface area contributed by atoms with Gasteiger partial charge in [-0.3, -0.25) is 0 Å². The van der Waals surface area contributed by atoms with Crippen LogP contribution >= 0.6 is 0 Å². The number of benzene rings is 2. The van der Waals surface area contributed by atoms with Crippen molar-refractivity contribution in [2.45, 2.75) is 6.42 Å². The number of tetrazole rings is 1. The molecule has 4 aromatic rings. The molecule has 2 heterocycles. The Hall–Kier alpha value is -3.22. The van der Waals surface area contributed by atoms with E-state index in [4.69, 9.17) is 0 Å². The summed E-state index contributed by atoms with van der Waals surface area (Å²) in [6.45, 7) is 0.688. The maximum atomic E-state index is 4.56. The first-order valence-corrected chi connectivity index (χ1v) is 7.41. The van der Waals surface area contributed by atoms with Crippen molar-refractivity contribution < 1.29 is 0 Å². The van der Waals surface area contributed by atoms with Crippen LogP contribution in [0.3, 0.4) is 0 Å². The Labute approximate surface area is 132 Å². The van der Waals surface area contributed by atoms with Crippen LogP contribution in [0.1, 0.15) is 5.82 Å². The van der Waals surface area contributed by atoms with Crippen LogP contribution in [0.15, 0.2) is 54.6 Å². The average molecular weight is 305 g/mol. The molecule has 0 fully saturated rings. The number of para-hydroxylation sites is 3. The Morgan fingerprint density at radius 2 is 1.83 bits per heavy atom. The lowest BCUT2D eigenvalue weighted by Crippen LogP contribution is -2.11. The second kappa shape index (κ2) is 5.88. The van der Waals surface area contributed by atoms with E-state index < -0.39 is 0 Å². The highest BCUT2D eigenvalue weighted by molar-refractivity contribution is 5.74. The van der Waals surface area contributed by atoms with Crippen LogP contribution in [0, 0.1) is 0 Å². The normalized spacial score (nSPS) is 11.0. The molecule has 7 heteroatoms. The van der Waals surface area contributed by atoms with Gasteiger partial charge in [0.2, 0.25) is 5.95 Å². The number of nitrogens with zero attached hydrogens (tertiary/aromatic N) is 5. The summed E-state index contributed by atoms with van der Waals surface area (Å²) in [4.78, 5) is 7.87. The van der Waals surface area contributed by atoms with Crippen molar-refractivity contribution in [2.75, 3.05) is 11.9 Å². The number of hydrogen-bond acceptors (Lipinski definition) is 5. The van der Waals surface area contributed by atoms with Crippen LogP contribution in [-0.4, -0.2) is 36.7 Å². The lowest BCUT2D eigenvalue weighted by molar-refractivity contribution is 0.788. The summed E-state index contributed by atoms with van der Waals surface area (Å²) < 4.78 is 1.68. The van der Waals surface area contributed by atoms with Gasteiger partial charge in [-0.15, -0.1) is 0 Å². The molecule has 0 aliphatic carbocycles. The summed E-state index contributed by atoms with van der Waals surface area (Å²) >= 11 is 0. The van der Waals surface area contributed by atoms with Crippen LogP contribution in [0.5, 0.6) is 0 Å². The van der Waals surface area contributed by atoms with Gasteiger partial charge in [0.15, 0.2) is 0 Å². The highest BCUT2D eigenvalue weighted by Gasteiger charge is 2.08. The predicted octanol–water partition coefficient (Wildman–Crippen LogP) is 2.19. The number of hydrogen-bond donors (Lipinski definition) is 2. The Morgan fingerprint density at radius 1 is 1.00 bits per heavy atom. The van der Waals surface area contributed by atoms with E-state index in [0.29, 0.717) is 12.5 Å². The van der Waals surface area contributed by atoms with Crippen molar-refractivity contribution in [3.63, 3.8) is 0 Å². The predicted molar refractivity (Wildman–Crippen MR) is 87.4 cm³/mol. The van der Waals surface area contributed by atoms with Gasteiger partial charge >= 0.3 is 0 Å². The molecule has 0 aliphatic rings. The molecule has 2 aromatic carbocycles. The van der Waals surface area contributed by atoms with Crippen LogP contribution < -0.4 is 5.32 Å². The van der Waals surface area contributed by atoms with Gasteiger partial charge in [-0.25, -0.2) is 4.98 Å². The zero-order valence-electron chi connectivity index (χ0n) is 12.3.